The van der Waals surface area contributed by atoms with Crippen LogP contribution in [0.1, 0.15) is 0 Å². The number of rotatable bonds is 3. The van der Waals surface area contributed by atoms with Gasteiger partial charge in [0.25, 0.3) is 0 Å². The van der Waals surface area contributed by atoms with Gasteiger partial charge < -0.3 is 4.40 Å². The summed E-state index contributed by atoms with van der Waals surface area (Å²) in [5.74, 6) is 0. The fourth-order valence-corrected chi connectivity index (χ4v) is 8.52. The summed E-state index contributed by atoms with van der Waals surface area (Å²) in [4.78, 5) is 4.94. The molecule has 9 aromatic carbocycles. The number of hydrogen-bond acceptors (Lipinski definition) is 1. The summed E-state index contributed by atoms with van der Waals surface area (Å²) in [6.07, 6.45) is 4.17. The van der Waals surface area contributed by atoms with Crippen LogP contribution in [0.3, 0.4) is 0 Å². The van der Waals surface area contributed by atoms with Gasteiger partial charge in [-0.15, -0.1) is 0 Å². The number of fused-ring (bicyclic) bond motifs is 7. The predicted octanol–water partition coefficient (Wildman–Crippen LogP) is 13.3. The Labute approximate surface area is 294 Å². The molecular weight excluding hydrogens is 617 g/mol. The Morgan fingerprint density at radius 3 is 1.55 bits per heavy atom. The fraction of sp³-hybridized carbons (Fsp3) is 0. The van der Waals surface area contributed by atoms with E-state index < -0.39 is 0 Å². The van der Waals surface area contributed by atoms with Crippen LogP contribution in [0.25, 0.3) is 104 Å². The molecule has 236 valence electrons. The Hall–Kier alpha value is -6.77. The van der Waals surface area contributed by atoms with Crippen LogP contribution in [0, 0.1) is 0 Å². The molecule has 2 heteroatoms. The van der Waals surface area contributed by atoms with E-state index in [4.69, 9.17) is 4.98 Å². The summed E-state index contributed by atoms with van der Waals surface area (Å²) in [6.45, 7) is 0. The summed E-state index contributed by atoms with van der Waals surface area (Å²) < 4.78 is 2.08. The topological polar surface area (TPSA) is 17.3 Å². The van der Waals surface area contributed by atoms with Gasteiger partial charge in [-0.2, -0.15) is 0 Å². The van der Waals surface area contributed by atoms with E-state index in [1.807, 2.05) is 18.2 Å². The van der Waals surface area contributed by atoms with Gasteiger partial charge in [0.05, 0.1) is 5.69 Å². The van der Waals surface area contributed by atoms with Gasteiger partial charge in [0, 0.05) is 18.0 Å². The van der Waals surface area contributed by atoms with E-state index in [2.05, 4.69) is 168 Å². The molecule has 0 amide bonds. The van der Waals surface area contributed by atoms with Crippen LogP contribution >= 0.6 is 0 Å². The van der Waals surface area contributed by atoms with Gasteiger partial charge in [-0.3, -0.25) is 0 Å². The van der Waals surface area contributed by atoms with Crippen molar-refractivity contribution in [1.82, 2.24) is 9.38 Å². The minimum absolute atomic E-state index is 0.950. The summed E-state index contributed by atoms with van der Waals surface area (Å²) in [7, 11) is 0. The first kappa shape index (κ1) is 28.1. The number of nitrogens with zero attached hydrogens (tertiary/aromatic N) is 2. The van der Waals surface area contributed by atoms with Gasteiger partial charge in [0.1, 0.15) is 5.65 Å². The summed E-state index contributed by atoms with van der Waals surface area (Å²) >= 11 is 0. The third-order valence-electron chi connectivity index (χ3n) is 10.8. The molecule has 0 aliphatic rings. The lowest BCUT2D eigenvalue weighted by molar-refractivity contribution is 1.19. The Morgan fingerprint density at radius 1 is 0.333 bits per heavy atom. The van der Waals surface area contributed by atoms with E-state index in [0.29, 0.717) is 0 Å². The number of aromatic nitrogens is 2. The van der Waals surface area contributed by atoms with Crippen LogP contribution in [0.5, 0.6) is 0 Å². The number of hydrogen-bond donors (Lipinski definition) is 0. The van der Waals surface area contributed by atoms with Gasteiger partial charge in [-0.25, -0.2) is 4.98 Å². The lowest BCUT2D eigenvalue weighted by Crippen LogP contribution is -1.89. The predicted molar refractivity (Wildman–Crippen MR) is 217 cm³/mol. The molecule has 0 N–H and O–H groups in total. The molecule has 2 heterocycles. The molecule has 0 saturated heterocycles. The van der Waals surface area contributed by atoms with E-state index in [1.54, 1.807) is 0 Å². The fourth-order valence-electron chi connectivity index (χ4n) is 8.52. The van der Waals surface area contributed by atoms with Crippen LogP contribution in [0.2, 0.25) is 0 Å². The maximum Gasteiger partial charge on any atom is 0.137 e. The largest absolute Gasteiger partial charge is 0.306 e. The van der Waals surface area contributed by atoms with Gasteiger partial charge >= 0.3 is 0 Å². The van der Waals surface area contributed by atoms with Crippen molar-refractivity contribution < 1.29 is 0 Å². The zero-order valence-electron chi connectivity index (χ0n) is 27.7. The highest BCUT2D eigenvalue weighted by molar-refractivity contribution is 6.34. The van der Waals surface area contributed by atoms with Gasteiger partial charge in [0.15, 0.2) is 0 Å². The van der Waals surface area contributed by atoms with Crippen LogP contribution in [0.15, 0.2) is 182 Å². The molecule has 0 bridgehead atoms. The molecule has 0 fully saturated rings. The van der Waals surface area contributed by atoms with E-state index in [9.17, 15) is 0 Å². The second kappa shape index (κ2) is 10.9. The maximum absolute atomic E-state index is 4.94. The molecular formula is C49H30N2. The average molecular weight is 647 g/mol. The summed E-state index contributed by atoms with van der Waals surface area (Å²) in [5.41, 5.74) is 7.93. The second-order valence-electron chi connectivity index (χ2n) is 13.5. The van der Waals surface area contributed by atoms with Crippen molar-refractivity contribution in [2.45, 2.75) is 0 Å². The van der Waals surface area contributed by atoms with Gasteiger partial charge in [-0.1, -0.05) is 158 Å². The monoisotopic (exact) mass is 646 g/mol. The second-order valence-corrected chi connectivity index (χ2v) is 13.5. The highest BCUT2D eigenvalue weighted by atomic mass is 15.0. The zero-order valence-corrected chi connectivity index (χ0v) is 27.7. The molecule has 11 aromatic rings. The first-order valence-electron chi connectivity index (χ1n) is 17.5. The first-order chi connectivity index (χ1) is 25.3. The van der Waals surface area contributed by atoms with Gasteiger partial charge in [0.2, 0.25) is 0 Å². The molecule has 2 aromatic heterocycles. The van der Waals surface area contributed by atoms with Crippen molar-refractivity contribution in [3.8, 4) is 33.5 Å². The minimum Gasteiger partial charge on any atom is -0.306 e. The maximum atomic E-state index is 4.94. The van der Waals surface area contributed by atoms with E-state index in [1.165, 1.54) is 86.9 Å². The van der Waals surface area contributed by atoms with E-state index >= 15 is 0 Å². The average Bonchev–Trinajstić information content (AvgIpc) is 3.63. The van der Waals surface area contributed by atoms with Crippen molar-refractivity contribution in [2.75, 3.05) is 0 Å². The standard InChI is InChI=1S/C49H30N2/c1-2-13-38-37(12-1)35(27-28-40(38)45-30-51-29-6-5-20-46(51)50-45)31-21-23-32(24-22-31)36-16-9-19-44-43-18-8-11-34-26-25-33-10-7-17-41(47(33)48(34)43)39-14-3-4-15-42(39)49(36)44/h1-30H. The summed E-state index contributed by atoms with van der Waals surface area (Å²) in [5, 5.41) is 15.3. The van der Waals surface area contributed by atoms with Crippen molar-refractivity contribution >= 4 is 70.3 Å². The Kier molecular flexibility index (Phi) is 5.99. The lowest BCUT2D eigenvalue weighted by Gasteiger charge is -2.16. The molecule has 51 heavy (non-hydrogen) atoms. The van der Waals surface area contributed by atoms with E-state index in [-0.39, 0.29) is 0 Å². The summed E-state index contributed by atoms with van der Waals surface area (Å²) in [6, 6.07) is 62.3. The smallest absolute Gasteiger partial charge is 0.137 e. The van der Waals surface area contributed by atoms with Crippen LogP contribution in [0.4, 0.5) is 0 Å². The van der Waals surface area contributed by atoms with Crippen LogP contribution in [-0.2, 0) is 0 Å². The van der Waals surface area contributed by atoms with Crippen LogP contribution < -0.4 is 0 Å². The molecule has 0 aliphatic carbocycles. The Balaban J connectivity index is 1.13. The number of benzene rings is 8. The SMILES string of the molecule is c1ccc2c(-c3cn4ccccc4n3)ccc(-c3ccc(-c4cccc5c6cccc7ccc8cccc(c9ccccc9c45)c8c76)cc3)c2c1. The first-order valence-corrected chi connectivity index (χ1v) is 17.5. The van der Waals surface area contributed by atoms with Crippen molar-refractivity contribution in [1.29, 1.82) is 0 Å². The molecule has 0 spiro atoms. The molecule has 0 aliphatic heterocycles. The highest BCUT2D eigenvalue weighted by Crippen LogP contribution is 2.43. The Morgan fingerprint density at radius 2 is 0.843 bits per heavy atom. The Bertz CT molecular complexity index is 3150. The van der Waals surface area contributed by atoms with Gasteiger partial charge in [-0.05, 0) is 99.0 Å². The molecule has 0 atom stereocenters. The number of imidazole rings is 1. The van der Waals surface area contributed by atoms with Crippen molar-refractivity contribution in [3.63, 3.8) is 0 Å². The van der Waals surface area contributed by atoms with Crippen molar-refractivity contribution in [2.24, 2.45) is 0 Å². The molecule has 2 nitrogen and oxygen atoms in total. The third kappa shape index (κ3) is 4.20. The molecule has 11 rings (SSSR count). The quantitative estimate of drug-likeness (QED) is 0.175. The molecule has 0 radical (unpaired) electrons. The van der Waals surface area contributed by atoms with Crippen LogP contribution in [-0.4, -0.2) is 9.38 Å². The lowest BCUT2D eigenvalue weighted by atomic mass is 9.87. The third-order valence-corrected chi connectivity index (χ3v) is 10.8. The number of pyridine rings is 1. The highest BCUT2D eigenvalue weighted by Gasteiger charge is 2.16. The van der Waals surface area contributed by atoms with E-state index in [0.717, 1.165) is 16.9 Å². The molecule has 0 unspecified atom stereocenters. The van der Waals surface area contributed by atoms with Crippen molar-refractivity contribution in [3.05, 3.63) is 182 Å². The molecule has 0 saturated carbocycles. The normalized spacial score (nSPS) is 11.9. The zero-order chi connectivity index (χ0) is 33.5. The minimum atomic E-state index is 0.950.